The number of hydrogen-bond donors (Lipinski definition) is 2. The van der Waals surface area contributed by atoms with Crippen molar-refractivity contribution in [2.45, 2.75) is 57.2 Å². The summed E-state index contributed by atoms with van der Waals surface area (Å²) < 4.78 is 31.0. The quantitative estimate of drug-likeness (QED) is 0.511. The molecule has 2 aromatic rings. The summed E-state index contributed by atoms with van der Waals surface area (Å²) in [6.45, 7) is 4.08. The van der Waals surface area contributed by atoms with Gasteiger partial charge in [0.05, 0.1) is 17.1 Å². The third-order valence-electron chi connectivity index (χ3n) is 6.55. The van der Waals surface area contributed by atoms with Crippen LogP contribution in [0.3, 0.4) is 0 Å². The van der Waals surface area contributed by atoms with Crippen LogP contribution in [-0.4, -0.2) is 42.8 Å². The normalized spacial score (nSPS) is 23.5. The van der Waals surface area contributed by atoms with Gasteiger partial charge >= 0.3 is 7.12 Å². The minimum atomic E-state index is -3.25. The number of rotatable bonds is 6. The molecule has 1 saturated heterocycles. The maximum atomic E-state index is 12.6. The van der Waals surface area contributed by atoms with Crippen molar-refractivity contribution in [3.8, 4) is 5.75 Å². The van der Waals surface area contributed by atoms with E-state index >= 15 is 0 Å². The van der Waals surface area contributed by atoms with Gasteiger partial charge in [-0.15, -0.1) is 0 Å². The molecule has 164 valence electrons. The van der Waals surface area contributed by atoms with Gasteiger partial charge < -0.3 is 14.8 Å². The third-order valence-corrected chi connectivity index (χ3v) is 8.62. The zero-order valence-electron chi connectivity index (χ0n) is 18.0. The fraction of sp³-hybridized carbons (Fsp3) is 0.417. The predicted molar refractivity (Wildman–Crippen MR) is 126 cm³/mol. The van der Waals surface area contributed by atoms with Crippen molar-refractivity contribution in [1.29, 1.82) is 0 Å². The molecule has 2 heterocycles. The molecule has 7 heteroatoms. The van der Waals surface area contributed by atoms with Crippen LogP contribution in [-0.2, 0) is 14.5 Å². The first kappa shape index (κ1) is 22.1. The molecule has 0 saturated carbocycles. The van der Waals surface area contributed by atoms with Gasteiger partial charge in [0, 0.05) is 11.7 Å². The van der Waals surface area contributed by atoms with Gasteiger partial charge in [-0.3, -0.25) is 0 Å². The highest BCUT2D eigenvalue weighted by Crippen LogP contribution is 2.40. The molecule has 0 aliphatic carbocycles. The average Bonchev–Trinajstić information content (AvgIpc) is 3.02. The Morgan fingerprint density at radius 2 is 1.94 bits per heavy atom. The van der Waals surface area contributed by atoms with E-state index in [0.717, 1.165) is 40.3 Å². The van der Waals surface area contributed by atoms with Gasteiger partial charge in [-0.05, 0) is 48.3 Å². The fourth-order valence-electron chi connectivity index (χ4n) is 4.91. The van der Waals surface area contributed by atoms with Gasteiger partial charge in [-0.1, -0.05) is 61.4 Å². The lowest BCUT2D eigenvalue weighted by Crippen LogP contribution is -2.41. The Balaban J connectivity index is 1.60. The van der Waals surface area contributed by atoms with E-state index in [9.17, 15) is 18.5 Å². The van der Waals surface area contributed by atoms with Crippen LogP contribution >= 0.6 is 0 Å². The van der Waals surface area contributed by atoms with Crippen LogP contribution in [0.15, 0.2) is 53.1 Å². The summed E-state index contributed by atoms with van der Waals surface area (Å²) in [7, 11) is -4.29. The second kappa shape index (κ2) is 8.81. The zero-order chi connectivity index (χ0) is 22.2. The van der Waals surface area contributed by atoms with Crippen LogP contribution in [0, 0.1) is 0 Å². The lowest BCUT2D eigenvalue weighted by molar-refractivity contribution is 0.169. The summed E-state index contributed by atoms with van der Waals surface area (Å²) in [6.07, 6.45) is 4.84. The van der Waals surface area contributed by atoms with Crippen molar-refractivity contribution in [3.05, 3.63) is 58.7 Å². The van der Waals surface area contributed by atoms with Crippen molar-refractivity contribution >= 4 is 33.8 Å². The average molecular weight is 440 g/mol. The topological polar surface area (TPSA) is 83.8 Å². The summed E-state index contributed by atoms with van der Waals surface area (Å²) in [5.74, 6) is 0.356. The van der Waals surface area contributed by atoms with Crippen LogP contribution in [0.25, 0.3) is 16.8 Å². The Labute approximate surface area is 184 Å². The molecule has 0 bridgehead atoms. The monoisotopic (exact) mass is 440 g/mol. The fourth-order valence-corrected chi connectivity index (χ4v) is 7.13. The Hall–Kier alpha value is -2.09. The number of sulfone groups is 1. The van der Waals surface area contributed by atoms with Crippen molar-refractivity contribution in [1.82, 2.24) is 0 Å². The molecule has 2 atom stereocenters. The summed E-state index contributed by atoms with van der Waals surface area (Å²) in [6, 6.07) is 11.4. The Bertz CT molecular complexity index is 1150. The van der Waals surface area contributed by atoms with Crippen LogP contribution in [0.4, 0.5) is 0 Å². The number of phenols is 1. The number of benzene rings is 2. The first-order valence-corrected chi connectivity index (χ1v) is 12.7. The van der Waals surface area contributed by atoms with Gasteiger partial charge in [0.2, 0.25) is 0 Å². The van der Waals surface area contributed by atoms with E-state index in [2.05, 4.69) is 13.0 Å². The van der Waals surface area contributed by atoms with Crippen LogP contribution in [0.1, 0.15) is 45.1 Å². The molecule has 2 aromatic carbocycles. The molecule has 4 rings (SSSR count). The van der Waals surface area contributed by atoms with Gasteiger partial charge in [-0.25, -0.2) is 8.42 Å². The standard InChI is InChI=1S/C24H29BO5S/c1-3-16(13-18-10-11-21(26)20-8-6-5-7-19(18)20)9-12-22-24-17(4-2)15-31(28,29)23(24)14-25(27)30-22/h5-8,10-11,13,22-23,26-27H,3-4,9,12,14-15H2,1-2H3/b16-13+/t22-,23+/m1/s1. The van der Waals surface area contributed by atoms with Gasteiger partial charge in [0.1, 0.15) is 5.75 Å². The molecule has 5 nitrogen and oxygen atoms in total. The number of aromatic hydroxyl groups is 1. The van der Waals surface area contributed by atoms with Crippen molar-refractivity contribution in [2.75, 3.05) is 5.75 Å². The number of phenolic OH excluding ortho intramolecular Hbond substituents is 1. The maximum Gasteiger partial charge on any atom is 0.456 e. The van der Waals surface area contributed by atoms with E-state index in [1.165, 1.54) is 5.57 Å². The first-order chi connectivity index (χ1) is 14.8. The first-order valence-electron chi connectivity index (χ1n) is 11.0. The highest BCUT2D eigenvalue weighted by Gasteiger charge is 2.47. The van der Waals surface area contributed by atoms with Gasteiger partial charge in [-0.2, -0.15) is 0 Å². The van der Waals surface area contributed by atoms with E-state index in [1.54, 1.807) is 6.07 Å². The number of hydrogen-bond acceptors (Lipinski definition) is 5. The minimum absolute atomic E-state index is 0.0893. The molecule has 0 spiro atoms. The largest absolute Gasteiger partial charge is 0.507 e. The summed E-state index contributed by atoms with van der Waals surface area (Å²) in [4.78, 5) is 0. The Morgan fingerprint density at radius 3 is 2.65 bits per heavy atom. The summed E-state index contributed by atoms with van der Waals surface area (Å²) >= 11 is 0. The molecular formula is C24H29BO5S. The van der Waals surface area contributed by atoms with E-state index in [4.69, 9.17) is 4.65 Å². The SMILES string of the molecule is CCC1=C2[C@@H](CC/C(=C/c3ccc(O)c4ccccc34)CC)OB(O)C[C@@H]2S(=O)(=O)C1. The minimum Gasteiger partial charge on any atom is -0.507 e. The summed E-state index contributed by atoms with van der Waals surface area (Å²) in [5.41, 5.74) is 4.10. The van der Waals surface area contributed by atoms with E-state index < -0.39 is 22.2 Å². The molecule has 2 aliphatic heterocycles. The van der Waals surface area contributed by atoms with Crippen molar-refractivity contribution in [2.24, 2.45) is 0 Å². The van der Waals surface area contributed by atoms with Gasteiger partial charge in [0.25, 0.3) is 0 Å². The third kappa shape index (κ3) is 4.31. The van der Waals surface area contributed by atoms with E-state index in [-0.39, 0.29) is 23.9 Å². The molecular weight excluding hydrogens is 411 g/mol. The maximum absolute atomic E-state index is 12.6. The molecule has 1 fully saturated rings. The molecule has 0 radical (unpaired) electrons. The lowest BCUT2D eigenvalue weighted by Gasteiger charge is -2.32. The number of fused-ring (bicyclic) bond motifs is 2. The van der Waals surface area contributed by atoms with Crippen molar-refractivity contribution < 1.29 is 23.2 Å². The molecule has 2 N–H and O–H groups in total. The lowest BCUT2D eigenvalue weighted by atomic mass is 9.74. The molecule has 0 amide bonds. The highest BCUT2D eigenvalue weighted by atomic mass is 32.2. The Morgan fingerprint density at radius 1 is 1.19 bits per heavy atom. The molecule has 0 unspecified atom stereocenters. The molecule has 31 heavy (non-hydrogen) atoms. The molecule has 2 aliphatic rings. The smallest absolute Gasteiger partial charge is 0.456 e. The second-order valence-electron chi connectivity index (χ2n) is 8.44. The van der Waals surface area contributed by atoms with Crippen LogP contribution in [0.5, 0.6) is 5.75 Å². The van der Waals surface area contributed by atoms with Crippen LogP contribution < -0.4 is 0 Å². The highest BCUT2D eigenvalue weighted by molar-refractivity contribution is 7.92. The predicted octanol–water partition coefficient (Wildman–Crippen LogP) is 4.50. The second-order valence-corrected chi connectivity index (χ2v) is 10.6. The van der Waals surface area contributed by atoms with E-state index in [0.29, 0.717) is 12.8 Å². The zero-order valence-corrected chi connectivity index (χ0v) is 18.9. The van der Waals surface area contributed by atoms with Crippen molar-refractivity contribution in [3.63, 3.8) is 0 Å². The summed E-state index contributed by atoms with van der Waals surface area (Å²) in [5, 5.41) is 21.5. The van der Waals surface area contributed by atoms with Gasteiger partial charge in [0.15, 0.2) is 9.84 Å². The van der Waals surface area contributed by atoms with Crippen LogP contribution in [0.2, 0.25) is 6.32 Å². The Kier molecular flexibility index (Phi) is 6.29. The van der Waals surface area contributed by atoms with E-state index in [1.807, 2.05) is 37.3 Å². The number of allylic oxidation sites excluding steroid dienone is 1. The molecule has 0 aromatic heterocycles.